The van der Waals surface area contributed by atoms with Crippen LogP contribution in [-0.4, -0.2) is 21.0 Å². The quantitative estimate of drug-likeness (QED) is 0.668. The largest absolute Gasteiger partial charge is 0.384 e. The number of aromatic nitrogens is 3. The number of nitrogens with one attached hydrogen (secondary N) is 1. The van der Waals surface area contributed by atoms with E-state index in [0.717, 1.165) is 39.3 Å². The summed E-state index contributed by atoms with van der Waals surface area (Å²) in [6.45, 7) is 1.92. The Morgan fingerprint density at radius 1 is 1.42 bits per heavy atom. The van der Waals surface area contributed by atoms with Crippen molar-refractivity contribution in [3.63, 3.8) is 0 Å². The van der Waals surface area contributed by atoms with Crippen LogP contribution in [0.1, 0.15) is 28.2 Å². The summed E-state index contributed by atoms with van der Waals surface area (Å²) in [6, 6.07) is 2.01. The van der Waals surface area contributed by atoms with Crippen molar-refractivity contribution in [2.75, 3.05) is 0 Å². The maximum Gasteiger partial charge on any atom is 0.180 e. The third-order valence-corrected chi connectivity index (χ3v) is 4.89. The van der Waals surface area contributed by atoms with E-state index in [2.05, 4.69) is 15.2 Å². The lowest BCUT2D eigenvalue weighted by Gasteiger charge is -2.08. The van der Waals surface area contributed by atoms with Gasteiger partial charge in [-0.2, -0.15) is 0 Å². The molecule has 0 unspecified atom stereocenters. The van der Waals surface area contributed by atoms with Crippen molar-refractivity contribution < 1.29 is 0 Å². The summed E-state index contributed by atoms with van der Waals surface area (Å²) in [7, 11) is 0. The molecule has 2 heterocycles. The van der Waals surface area contributed by atoms with Gasteiger partial charge in [0.15, 0.2) is 4.34 Å². The molecule has 0 bridgehead atoms. The van der Waals surface area contributed by atoms with E-state index in [1.54, 1.807) is 0 Å². The number of nitrogen functional groups attached to an aromatic ring is 1. The molecule has 0 atom stereocenters. The minimum Gasteiger partial charge on any atom is -0.384 e. The van der Waals surface area contributed by atoms with Crippen molar-refractivity contribution in [3.8, 4) is 0 Å². The first-order valence-corrected chi connectivity index (χ1v) is 7.62. The maximum absolute atomic E-state index is 7.70. The highest BCUT2D eigenvalue weighted by Crippen LogP contribution is 2.33. The number of amidine groups is 1. The zero-order valence-corrected chi connectivity index (χ0v) is 12.1. The molecule has 3 rings (SSSR count). The number of hydrogen-bond acceptors (Lipinski definition) is 6. The van der Waals surface area contributed by atoms with Crippen LogP contribution in [0, 0.1) is 12.3 Å². The molecule has 0 amide bonds. The summed E-state index contributed by atoms with van der Waals surface area (Å²) >= 11 is 2.97. The number of pyridine rings is 1. The van der Waals surface area contributed by atoms with Gasteiger partial charge in [0.1, 0.15) is 15.9 Å². The van der Waals surface area contributed by atoms with E-state index >= 15 is 0 Å². The minimum atomic E-state index is 0.0611. The first kappa shape index (κ1) is 12.6. The van der Waals surface area contributed by atoms with Crippen molar-refractivity contribution in [1.82, 2.24) is 15.2 Å². The summed E-state index contributed by atoms with van der Waals surface area (Å²) in [6.07, 6.45) is 3.17. The molecule has 3 N–H and O–H groups in total. The van der Waals surface area contributed by atoms with Crippen LogP contribution in [0.5, 0.6) is 0 Å². The highest BCUT2D eigenvalue weighted by Gasteiger charge is 2.19. The van der Waals surface area contributed by atoms with Crippen molar-refractivity contribution in [2.45, 2.75) is 35.6 Å². The molecule has 5 nitrogen and oxygen atoms in total. The van der Waals surface area contributed by atoms with Gasteiger partial charge in [-0.1, -0.05) is 11.3 Å². The van der Waals surface area contributed by atoms with E-state index in [0.29, 0.717) is 5.56 Å². The van der Waals surface area contributed by atoms with E-state index in [-0.39, 0.29) is 5.84 Å². The maximum atomic E-state index is 7.70. The van der Waals surface area contributed by atoms with Gasteiger partial charge < -0.3 is 5.73 Å². The Morgan fingerprint density at radius 3 is 2.95 bits per heavy atom. The van der Waals surface area contributed by atoms with Crippen molar-refractivity contribution in [2.24, 2.45) is 5.73 Å². The molecule has 2 aromatic rings. The molecular formula is C12H13N5S2. The zero-order chi connectivity index (χ0) is 13.4. The first-order chi connectivity index (χ1) is 9.13. The van der Waals surface area contributed by atoms with Crippen molar-refractivity contribution in [3.05, 3.63) is 27.9 Å². The summed E-state index contributed by atoms with van der Waals surface area (Å²) in [5.74, 6) is 0.0611. The van der Waals surface area contributed by atoms with Crippen molar-refractivity contribution in [1.29, 1.82) is 5.41 Å². The van der Waals surface area contributed by atoms with Gasteiger partial charge in [-0.25, -0.2) is 4.98 Å². The van der Waals surface area contributed by atoms with Crippen LogP contribution in [0.4, 0.5) is 0 Å². The van der Waals surface area contributed by atoms with Crippen LogP contribution in [0.25, 0.3) is 0 Å². The van der Waals surface area contributed by atoms with Crippen LogP contribution < -0.4 is 5.73 Å². The van der Waals surface area contributed by atoms with Crippen LogP contribution in [-0.2, 0) is 12.8 Å². The molecule has 2 aromatic heterocycles. The van der Waals surface area contributed by atoms with Gasteiger partial charge in [0.2, 0.25) is 0 Å². The molecule has 0 saturated heterocycles. The topological polar surface area (TPSA) is 88.5 Å². The molecule has 0 aromatic carbocycles. The molecule has 1 aliphatic carbocycles. The van der Waals surface area contributed by atoms with E-state index in [4.69, 9.17) is 11.1 Å². The molecule has 7 heteroatoms. The lowest BCUT2D eigenvalue weighted by Crippen LogP contribution is -2.14. The van der Waals surface area contributed by atoms with Crippen molar-refractivity contribution >= 4 is 28.9 Å². The predicted octanol–water partition coefficient (Wildman–Crippen LogP) is 2.17. The van der Waals surface area contributed by atoms with Crippen LogP contribution in [0.15, 0.2) is 15.4 Å². The van der Waals surface area contributed by atoms with E-state index in [9.17, 15) is 0 Å². The molecule has 98 valence electrons. The number of nitrogens with zero attached hydrogens (tertiary/aromatic N) is 3. The molecule has 0 aliphatic heterocycles. The molecule has 0 radical (unpaired) electrons. The second kappa shape index (κ2) is 4.90. The summed E-state index contributed by atoms with van der Waals surface area (Å²) in [5, 5.41) is 17.5. The Kier molecular flexibility index (Phi) is 3.24. The van der Waals surface area contributed by atoms with E-state index in [1.165, 1.54) is 28.7 Å². The third-order valence-electron chi connectivity index (χ3n) is 3.00. The number of fused-ring (bicyclic) bond motifs is 1. The van der Waals surface area contributed by atoms with Gasteiger partial charge >= 0.3 is 0 Å². The number of hydrogen-bond donors (Lipinski definition) is 2. The Bertz CT molecular complexity index is 650. The highest BCUT2D eigenvalue weighted by atomic mass is 32.2. The Balaban J connectivity index is 2.01. The Morgan fingerprint density at radius 2 is 2.26 bits per heavy atom. The Hall–Kier alpha value is -1.47. The van der Waals surface area contributed by atoms with E-state index < -0.39 is 0 Å². The van der Waals surface area contributed by atoms with Crippen LogP contribution >= 0.6 is 23.1 Å². The summed E-state index contributed by atoms with van der Waals surface area (Å²) in [4.78, 5) is 4.66. The molecule has 0 fully saturated rings. The molecule has 0 saturated carbocycles. The van der Waals surface area contributed by atoms with Gasteiger partial charge in [0, 0.05) is 11.3 Å². The van der Waals surface area contributed by atoms with Gasteiger partial charge in [-0.3, -0.25) is 5.41 Å². The fourth-order valence-corrected chi connectivity index (χ4v) is 3.99. The smallest absolute Gasteiger partial charge is 0.180 e. The molecule has 0 spiro atoms. The normalized spacial score (nSPS) is 13.5. The lowest BCUT2D eigenvalue weighted by molar-refractivity contribution is 0.890. The third kappa shape index (κ3) is 2.48. The van der Waals surface area contributed by atoms with Gasteiger partial charge in [0.05, 0.1) is 0 Å². The summed E-state index contributed by atoms with van der Waals surface area (Å²) < 4.78 is 0.838. The van der Waals surface area contributed by atoms with Gasteiger partial charge in [-0.05, 0) is 49.6 Å². The fourth-order valence-electron chi connectivity index (χ4n) is 2.13. The van der Waals surface area contributed by atoms with E-state index in [1.807, 2.05) is 13.0 Å². The standard InChI is InChI=1S/C12H13N5S2/c1-6-16-17-12(18-6)19-11-8(10(13)14)5-7-3-2-4-9(7)15-11/h5H,2-4H2,1H3,(H3,13,14). The minimum absolute atomic E-state index is 0.0611. The number of nitrogens with two attached hydrogens (primary N) is 1. The second-order valence-corrected chi connectivity index (χ2v) is 6.82. The lowest BCUT2D eigenvalue weighted by atomic mass is 10.1. The zero-order valence-electron chi connectivity index (χ0n) is 10.4. The highest BCUT2D eigenvalue weighted by molar-refractivity contribution is 8.01. The predicted molar refractivity (Wildman–Crippen MR) is 76.0 cm³/mol. The van der Waals surface area contributed by atoms with Gasteiger partial charge in [0.25, 0.3) is 0 Å². The monoisotopic (exact) mass is 291 g/mol. The summed E-state index contributed by atoms with van der Waals surface area (Å²) in [5.41, 5.74) is 8.73. The first-order valence-electron chi connectivity index (χ1n) is 5.98. The molecule has 1 aliphatic rings. The van der Waals surface area contributed by atoms with Crippen LogP contribution in [0.3, 0.4) is 0 Å². The Labute approximate surface area is 119 Å². The SMILES string of the molecule is Cc1nnc(Sc2nc3c(cc2C(=N)N)CCC3)s1. The number of aryl methyl sites for hydroxylation is 3. The average Bonchev–Trinajstić information content (AvgIpc) is 2.96. The number of rotatable bonds is 3. The fraction of sp³-hybridized carbons (Fsp3) is 0.333. The van der Waals surface area contributed by atoms with Gasteiger partial charge in [-0.15, -0.1) is 10.2 Å². The molecule has 19 heavy (non-hydrogen) atoms. The van der Waals surface area contributed by atoms with Crippen LogP contribution in [0.2, 0.25) is 0 Å². The average molecular weight is 291 g/mol. The molecular weight excluding hydrogens is 278 g/mol. The second-order valence-electron chi connectivity index (χ2n) is 4.40.